The summed E-state index contributed by atoms with van der Waals surface area (Å²) in [4.78, 5) is 15.7. The van der Waals surface area contributed by atoms with E-state index in [1.165, 1.54) is 11.3 Å². The number of pyridine rings is 1. The van der Waals surface area contributed by atoms with E-state index in [2.05, 4.69) is 10.1 Å². The highest BCUT2D eigenvalue weighted by Gasteiger charge is 2.12. The van der Waals surface area contributed by atoms with Crippen LogP contribution in [0, 0.1) is 6.92 Å². The summed E-state index contributed by atoms with van der Waals surface area (Å²) in [5.74, 6) is -0.991. The Balaban J connectivity index is 1.94. The first-order valence-corrected chi connectivity index (χ1v) is 6.78. The molecule has 6 heteroatoms. The van der Waals surface area contributed by atoms with E-state index in [-0.39, 0.29) is 5.69 Å². The monoisotopic (exact) mass is 285 g/mol. The number of hydrogen-bond acceptors (Lipinski definition) is 4. The number of fused-ring (bicyclic) bond motifs is 1. The molecule has 3 aromatic heterocycles. The van der Waals surface area contributed by atoms with Crippen molar-refractivity contribution in [2.75, 3.05) is 0 Å². The van der Waals surface area contributed by atoms with Crippen LogP contribution < -0.4 is 0 Å². The highest BCUT2D eigenvalue weighted by atomic mass is 32.1. The second-order valence-corrected chi connectivity index (χ2v) is 5.46. The molecule has 0 unspecified atom stereocenters. The van der Waals surface area contributed by atoms with Gasteiger partial charge in [-0.15, -0.1) is 11.3 Å². The van der Waals surface area contributed by atoms with Gasteiger partial charge in [0.25, 0.3) is 0 Å². The average molecular weight is 285 g/mol. The van der Waals surface area contributed by atoms with Crippen molar-refractivity contribution in [1.29, 1.82) is 0 Å². The third-order valence-electron chi connectivity index (χ3n) is 2.88. The Morgan fingerprint density at radius 2 is 2.25 bits per heavy atom. The maximum Gasteiger partial charge on any atom is 0.355 e. The maximum atomic E-state index is 10.9. The first-order chi connectivity index (χ1) is 9.65. The Kier molecular flexibility index (Phi) is 3.08. The zero-order valence-electron chi connectivity index (χ0n) is 10.6. The maximum absolute atomic E-state index is 10.9. The van der Waals surface area contributed by atoms with E-state index in [1.54, 1.807) is 17.6 Å². The van der Waals surface area contributed by atoms with Gasteiger partial charge in [0.05, 0.1) is 11.7 Å². The standard InChI is InChI=1S/C14H11N3O2S/c1-9-13(14(18)19)16-12(20-9)6-5-10-8-15-17-7-3-2-4-11(10)17/h2-8H,1H3,(H,18,19)/b6-5+. The van der Waals surface area contributed by atoms with Gasteiger partial charge in [-0.3, -0.25) is 0 Å². The van der Waals surface area contributed by atoms with Gasteiger partial charge in [-0.2, -0.15) is 5.10 Å². The van der Waals surface area contributed by atoms with Gasteiger partial charge in [0.1, 0.15) is 5.01 Å². The van der Waals surface area contributed by atoms with Crippen LogP contribution in [0.5, 0.6) is 0 Å². The molecule has 3 rings (SSSR count). The van der Waals surface area contributed by atoms with Crippen molar-refractivity contribution in [3.63, 3.8) is 0 Å². The topological polar surface area (TPSA) is 67.5 Å². The second kappa shape index (κ2) is 4.90. The molecule has 3 heterocycles. The van der Waals surface area contributed by atoms with Crippen LogP contribution in [0.3, 0.4) is 0 Å². The number of nitrogens with zero attached hydrogens (tertiary/aromatic N) is 3. The molecule has 0 saturated heterocycles. The molecule has 0 aliphatic rings. The summed E-state index contributed by atoms with van der Waals surface area (Å²) in [6.45, 7) is 1.76. The summed E-state index contributed by atoms with van der Waals surface area (Å²) in [6.07, 6.45) is 7.35. The Hall–Kier alpha value is -2.47. The van der Waals surface area contributed by atoms with E-state index in [1.807, 2.05) is 36.5 Å². The number of hydrogen-bond donors (Lipinski definition) is 1. The zero-order chi connectivity index (χ0) is 14.1. The summed E-state index contributed by atoms with van der Waals surface area (Å²) in [7, 11) is 0. The first-order valence-electron chi connectivity index (χ1n) is 5.96. The van der Waals surface area contributed by atoms with Crippen molar-refractivity contribution in [3.05, 3.63) is 51.7 Å². The molecule has 0 aromatic carbocycles. The zero-order valence-corrected chi connectivity index (χ0v) is 11.5. The molecular formula is C14H11N3O2S. The number of thiazole rings is 1. The van der Waals surface area contributed by atoms with Crippen LogP contribution in [0.25, 0.3) is 17.7 Å². The van der Waals surface area contributed by atoms with Crippen molar-refractivity contribution in [1.82, 2.24) is 14.6 Å². The molecule has 20 heavy (non-hydrogen) atoms. The van der Waals surface area contributed by atoms with Gasteiger partial charge in [0, 0.05) is 16.6 Å². The van der Waals surface area contributed by atoms with Crippen molar-refractivity contribution in [2.45, 2.75) is 6.92 Å². The minimum Gasteiger partial charge on any atom is -0.476 e. The molecule has 0 atom stereocenters. The van der Waals surface area contributed by atoms with Crippen molar-refractivity contribution < 1.29 is 9.90 Å². The third kappa shape index (κ3) is 2.21. The van der Waals surface area contributed by atoms with E-state index in [0.717, 1.165) is 11.1 Å². The van der Waals surface area contributed by atoms with Crippen LogP contribution in [0.4, 0.5) is 0 Å². The summed E-state index contributed by atoms with van der Waals surface area (Å²) in [5, 5.41) is 13.9. The Labute approximate surface area is 118 Å². The van der Waals surface area contributed by atoms with Crippen LogP contribution >= 0.6 is 11.3 Å². The lowest BCUT2D eigenvalue weighted by atomic mass is 10.2. The van der Waals surface area contributed by atoms with Gasteiger partial charge in [-0.1, -0.05) is 6.07 Å². The lowest BCUT2D eigenvalue weighted by molar-refractivity contribution is 0.0690. The second-order valence-electron chi connectivity index (χ2n) is 4.23. The van der Waals surface area contributed by atoms with Crippen molar-refractivity contribution in [3.8, 4) is 0 Å². The highest BCUT2D eigenvalue weighted by molar-refractivity contribution is 7.12. The SMILES string of the molecule is Cc1sc(/C=C/c2cnn3ccccc23)nc1C(=O)O. The smallest absolute Gasteiger partial charge is 0.355 e. The number of carbonyl (C=O) groups is 1. The molecule has 0 bridgehead atoms. The largest absolute Gasteiger partial charge is 0.476 e. The highest BCUT2D eigenvalue weighted by Crippen LogP contribution is 2.20. The van der Waals surface area contributed by atoms with E-state index < -0.39 is 5.97 Å². The molecule has 0 saturated carbocycles. The fraction of sp³-hybridized carbons (Fsp3) is 0.0714. The molecule has 0 amide bonds. The van der Waals surface area contributed by atoms with Crippen LogP contribution in [0.1, 0.15) is 25.9 Å². The van der Waals surface area contributed by atoms with Crippen molar-refractivity contribution in [2.24, 2.45) is 0 Å². The summed E-state index contributed by atoms with van der Waals surface area (Å²) < 4.78 is 1.79. The Bertz CT molecular complexity index is 817. The van der Waals surface area contributed by atoms with Crippen LogP contribution in [-0.4, -0.2) is 25.7 Å². The van der Waals surface area contributed by atoms with Gasteiger partial charge >= 0.3 is 5.97 Å². The predicted octanol–water partition coefficient (Wildman–Crippen LogP) is 2.97. The first kappa shape index (κ1) is 12.6. The van der Waals surface area contributed by atoms with Gasteiger partial charge in [0.15, 0.2) is 5.69 Å². The minimum atomic E-state index is -0.991. The number of carboxylic acid groups (broad SMARTS) is 1. The van der Waals surface area contributed by atoms with Crippen LogP contribution in [0.15, 0.2) is 30.6 Å². The van der Waals surface area contributed by atoms with Gasteiger partial charge in [-0.05, 0) is 31.2 Å². The van der Waals surface area contributed by atoms with E-state index in [4.69, 9.17) is 5.11 Å². The number of carboxylic acids is 1. The molecule has 0 aliphatic heterocycles. The summed E-state index contributed by atoms with van der Waals surface area (Å²) >= 11 is 1.36. The number of rotatable bonds is 3. The molecule has 0 radical (unpaired) electrons. The third-order valence-corrected chi connectivity index (χ3v) is 3.81. The van der Waals surface area contributed by atoms with Gasteiger partial charge < -0.3 is 5.11 Å². The molecular weight excluding hydrogens is 274 g/mol. The van der Waals surface area contributed by atoms with Crippen molar-refractivity contribution >= 4 is 35.0 Å². The number of aromatic carboxylic acids is 1. The fourth-order valence-corrected chi connectivity index (χ4v) is 2.75. The Morgan fingerprint density at radius 3 is 3.00 bits per heavy atom. The molecule has 0 fully saturated rings. The molecule has 0 spiro atoms. The molecule has 3 aromatic rings. The summed E-state index contributed by atoms with van der Waals surface area (Å²) in [5.41, 5.74) is 2.08. The van der Waals surface area contributed by atoms with E-state index in [0.29, 0.717) is 9.88 Å². The lowest BCUT2D eigenvalue weighted by Gasteiger charge is -1.91. The number of aryl methyl sites for hydroxylation is 1. The Morgan fingerprint density at radius 1 is 1.40 bits per heavy atom. The van der Waals surface area contributed by atoms with E-state index in [9.17, 15) is 4.79 Å². The fourth-order valence-electron chi connectivity index (χ4n) is 1.93. The van der Waals surface area contributed by atoms with Crippen LogP contribution in [-0.2, 0) is 0 Å². The number of aromatic nitrogens is 3. The minimum absolute atomic E-state index is 0.120. The van der Waals surface area contributed by atoms with Gasteiger partial charge in [0.2, 0.25) is 0 Å². The van der Waals surface area contributed by atoms with Gasteiger partial charge in [-0.25, -0.2) is 14.3 Å². The predicted molar refractivity (Wildman–Crippen MR) is 77.9 cm³/mol. The quantitative estimate of drug-likeness (QED) is 0.803. The lowest BCUT2D eigenvalue weighted by Crippen LogP contribution is -1.98. The van der Waals surface area contributed by atoms with E-state index >= 15 is 0 Å². The molecule has 5 nitrogen and oxygen atoms in total. The molecule has 0 aliphatic carbocycles. The average Bonchev–Trinajstić information content (AvgIpc) is 3.00. The molecule has 100 valence electrons. The van der Waals surface area contributed by atoms with Crippen LogP contribution in [0.2, 0.25) is 0 Å². The summed E-state index contributed by atoms with van der Waals surface area (Å²) in [6, 6.07) is 5.84. The normalized spacial score (nSPS) is 11.4. The molecule has 1 N–H and O–H groups in total.